The van der Waals surface area contributed by atoms with Crippen LogP contribution < -0.4 is 20.4 Å². The normalized spacial score (nSPS) is 15.9. The molecule has 0 spiro atoms. The van der Waals surface area contributed by atoms with Crippen LogP contribution in [0, 0.1) is 0 Å². The largest absolute Gasteiger partial charge is 0.369 e. The summed E-state index contributed by atoms with van der Waals surface area (Å²) in [6.07, 6.45) is 2.61. The van der Waals surface area contributed by atoms with E-state index in [2.05, 4.69) is 83.7 Å². The van der Waals surface area contributed by atoms with E-state index in [-0.39, 0.29) is 5.91 Å². The number of nitrogens with zero attached hydrogens (tertiary/aromatic N) is 5. The number of benzene rings is 2. The van der Waals surface area contributed by atoms with Crippen molar-refractivity contribution in [1.82, 2.24) is 14.9 Å². The summed E-state index contributed by atoms with van der Waals surface area (Å²) in [5, 5.41) is 6.65. The molecule has 3 aromatic rings. The molecule has 9 heteroatoms. The average molecular weight is 522 g/mol. The highest BCUT2D eigenvalue weighted by atomic mass is 79.9. The summed E-state index contributed by atoms with van der Waals surface area (Å²) in [5.74, 6) is 1.22. The number of fused-ring (bicyclic) bond motifs is 1. The van der Waals surface area contributed by atoms with Crippen LogP contribution in [0.2, 0.25) is 0 Å². The van der Waals surface area contributed by atoms with Crippen LogP contribution in [-0.4, -0.2) is 60.5 Å². The molecule has 1 aromatic heterocycles. The van der Waals surface area contributed by atoms with Crippen molar-refractivity contribution in [2.45, 2.75) is 13.3 Å². The number of rotatable bonds is 5. The smallest absolute Gasteiger partial charge is 0.229 e. The van der Waals surface area contributed by atoms with Gasteiger partial charge in [0.25, 0.3) is 0 Å². The Kier molecular flexibility index (Phi) is 6.38. The second-order valence-corrected chi connectivity index (χ2v) is 9.60. The van der Waals surface area contributed by atoms with E-state index in [1.54, 1.807) is 13.1 Å². The molecule has 2 aromatic carbocycles. The van der Waals surface area contributed by atoms with Gasteiger partial charge in [-0.3, -0.25) is 4.79 Å². The number of likely N-dealkylation sites (N-methyl/N-ethyl adjacent to an activating group) is 1. The third-order valence-electron chi connectivity index (χ3n) is 6.36. The zero-order valence-corrected chi connectivity index (χ0v) is 21.0. The van der Waals surface area contributed by atoms with E-state index in [1.165, 1.54) is 11.3 Å². The van der Waals surface area contributed by atoms with E-state index in [4.69, 9.17) is 0 Å². The maximum atomic E-state index is 11.9. The second-order valence-electron chi connectivity index (χ2n) is 8.74. The SMILES string of the molecule is CC(=O)N1CCc2ccc(Nc3nc(Nc4ccc(N5CCN(C)CC5)cc4)ncc3Br)cc21. The molecule has 2 aliphatic rings. The van der Waals surface area contributed by atoms with Crippen molar-refractivity contribution >= 4 is 56.4 Å². The van der Waals surface area contributed by atoms with Crippen molar-refractivity contribution in [2.75, 3.05) is 60.2 Å². The van der Waals surface area contributed by atoms with E-state index in [0.717, 1.165) is 60.7 Å². The lowest BCUT2D eigenvalue weighted by Gasteiger charge is -2.34. The number of aromatic nitrogens is 2. The number of nitrogens with one attached hydrogen (secondary N) is 2. The first-order valence-electron chi connectivity index (χ1n) is 11.5. The van der Waals surface area contributed by atoms with Crippen LogP contribution in [0.4, 0.5) is 34.5 Å². The number of carbonyl (C=O) groups excluding carboxylic acids is 1. The Labute approximate surface area is 208 Å². The highest BCUT2D eigenvalue weighted by molar-refractivity contribution is 9.10. The zero-order valence-electron chi connectivity index (χ0n) is 19.4. The number of amides is 1. The Morgan fingerprint density at radius 2 is 1.71 bits per heavy atom. The third kappa shape index (κ3) is 4.85. The van der Waals surface area contributed by atoms with Gasteiger partial charge in [0.05, 0.1) is 4.47 Å². The molecule has 0 saturated carbocycles. The molecule has 0 atom stereocenters. The molecule has 2 aliphatic heterocycles. The molecule has 2 N–H and O–H groups in total. The summed E-state index contributed by atoms with van der Waals surface area (Å²) in [7, 11) is 2.16. The fraction of sp³-hybridized carbons (Fsp3) is 0.320. The molecule has 0 aliphatic carbocycles. The molecule has 0 bridgehead atoms. The number of hydrogen-bond donors (Lipinski definition) is 2. The predicted octanol–water partition coefficient (Wildman–Crippen LogP) is 4.39. The minimum Gasteiger partial charge on any atom is -0.369 e. The van der Waals surface area contributed by atoms with Gasteiger partial charge in [-0.1, -0.05) is 6.07 Å². The van der Waals surface area contributed by atoms with Crippen LogP contribution in [-0.2, 0) is 11.2 Å². The summed E-state index contributed by atoms with van der Waals surface area (Å²) in [5.41, 5.74) is 5.18. The van der Waals surface area contributed by atoms with E-state index in [0.29, 0.717) is 11.8 Å². The van der Waals surface area contributed by atoms with Gasteiger partial charge in [-0.2, -0.15) is 4.98 Å². The summed E-state index contributed by atoms with van der Waals surface area (Å²) >= 11 is 3.54. The molecular weight excluding hydrogens is 494 g/mol. The Bertz CT molecular complexity index is 1190. The Morgan fingerprint density at radius 1 is 0.971 bits per heavy atom. The van der Waals surface area contributed by atoms with Crippen molar-refractivity contribution in [3.63, 3.8) is 0 Å². The predicted molar refractivity (Wildman–Crippen MR) is 141 cm³/mol. The van der Waals surface area contributed by atoms with Gasteiger partial charge >= 0.3 is 0 Å². The highest BCUT2D eigenvalue weighted by Gasteiger charge is 2.22. The van der Waals surface area contributed by atoms with Gasteiger partial charge in [-0.15, -0.1) is 0 Å². The fourth-order valence-electron chi connectivity index (χ4n) is 4.39. The highest BCUT2D eigenvalue weighted by Crippen LogP contribution is 2.33. The zero-order chi connectivity index (χ0) is 23.7. The van der Waals surface area contributed by atoms with E-state index in [9.17, 15) is 4.79 Å². The Balaban J connectivity index is 1.29. The number of hydrogen-bond acceptors (Lipinski definition) is 7. The monoisotopic (exact) mass is 521 g/mol. The summed E-state index contributed by atoms with van der Waals surface area (Å²) in [6.45, 7) is 6.58. The number of halogens is 1. The van der Waals surface area contributed by atoms with Gasteiger partial charge in [-0.05, 0) is 71.4 Å². The quantitative estimate of drug-likeness (QED) is 0.515. The summed E-state index contributed by atoms with van der Waals surface area (Å²) in [6, 6.07) is 14.5. The Hall–Kier alpha value is -3.17. The number of piperazine rings is 1. The Morgan fingerprint density at radius 3 is 2.44 bits per heavy atom. The maximum absolute atomic E-state index is 11.9. The lowest BCUT2D eigenvalue weighted by atomic mass is 10.1. The average Bonchev–Trinajstić information content (AvgIpc) is 3.26. The molecule has 3 heterocycles. The molecule has 1 fully saturated rings. The van der Waals surface area contributed by atoms with Crippen molar-refractivity contribution in [3.8, 4) is 0 Å². The van der Waals surface area contributed by atoms with Crippen LogP contribution >= 0.6 is 15.9 Å². The lowest BCUT2D eigenvalue weighted by Crippen LogP contribution is -2.44. The van der Waals surface area contributed by atoms with Gasteiger partial charge in [0.15, 0.2) is 0 Å². The van der Waals surface area contributed by atoms with Gasteiger partial charge in [0, 0.05) is 68.6 Å². The molecule has 34 heavy (non-hydrogen) atoms. The molecule has 5 rings (SSSR count). The molecule has 0 unspecified atom stereocenters. The van der Waals surface area contributed by atoms with Crippen LogP contribution in [0.1, 0.15) is 12.5 Å². The van der Waals surface area contributed by atoms with Gasteiger partial charge in [0.1, 0.15) is 5.82 Å². The van der Waals surface area contributed by atoms with Crippen molar-refractivity contribution in [1.29, 1.82) is 0 Å². The standard InChI is InChI=1S/C25H28BrN7O/c1-17(34)33-10-9-18-3-4-20(15-23(18)33)28-24-22(26)16-27-25(30-24)29-19-5-7-21(8-6-19)32-13-11-31(2)12-14-32/h3-8,15-16H,9-14H2,1-2H3,(H2,27,28,29,30). The van der Waals surface area contributed by atoms with Crippen LogP contribution in [0.3, 0.4) is 0 Å². The fourth-order valence-corrected chi connectivity index (χ4v) is 4.68. The first-order valence-corrected chi connectivity index (χ1v) is 12.3. The van der Waals surface area contributed by atoms with Crippen molar-refractivity contribution in [2.24, 2.45) is 0 Å². The van der Waals surface area contributed by atoms with E-state index in [1.807, 2.05) is 17.0 Å². The second kappa shape index (κ2) is 9.60. The molecule has 1 saturated heterocycles. The van der Waals surface area contributed by atoms with Crippen LogP contribution in [0.15, 0.2) is 53.1 Å². The van der Waals surface area contributed by atoms with Crippen LogP contribution in [0.5, 0.6) is 0 Å². The third-order valence-corrected chi connectivity index (χ3v) is 6.94. The van der Waals surface area contributed by atoms with E-state index >= 15 is 0 Å². The number of carbonyl (C=O) groups is 1. The minimum atomic E-state index is 0.0595. The van der Waals surface area contributed by atoms with Crippen molar-refractivity contribution < 1.29 is 4.79 Å². The minimum absolute atomic E-state index is 0.0595. The van der Waals surface area contributed by atoms with Gasteiger partial charge < -0.3 is 25.3 Å². The van der Waals surface area contributed by atoms with Crippen molar-refractivity contribution in [3.05, 3.63) is 58.7 Å². The first-order chi connectivity index (χ1) is 16.5. The number of anilines is 6. The summed E-state index contributed by atoms with van der Waals surface area (Å²) in [4.78, 5) is 27.6. The van der Waals surface area contributed by atoms with E-state index < -0.39 is 0 Å². The summed E-state index contributed by atoms with van der Waals surface area (Å²) < 4.78 is 0.757. The topological polar surface area (TPSA) is 76.6 Å². The molecule has 1 amide bonds. The van der Waals surface area contributed by atoms with Gasteiger partial charge in [0.2, 0.25) is 11.9 Å². The molecule has 8 nitrogen and oxygen atoms in total. The van der Waals surface area contributed by atoms with Gasteiger partial charge in [-0.25, -0.2) is 4.98 Å². The molecule has 176 valence electrons. The molecular formula is C25H28BrN7O. The molecule has 0 radical (unpaired) electrons. The first kappa shape index (κ1) is 22.6. The maximum Gasteiger partial charge on any atom is 0.229 e. The van der Waals surface area contributed by atoms with Crippen LogP contribution in [0.25, 0.3) is 0 Å². The lowest BCUT2D eigenvalue weighted by molar-refractivity contribution is -0.116.